The standard InChI is InChI=1S/C20H23N3O3/c1-26-20(25)13-5-4-10-23(12-13)18-11-16(19(24)21-14-8-9-14)15-6-2-3-7-17(15)22-18/h2-3,6-7,11,13-14H,4-5,8-10,12H2,1H3,(H,21,24)/t13-/m0/s1. The number of carbonyl (C=O) groups excluding carboxylic acids is 2. The van der Waals surface area contributed by atoms with E-state index in [-0.39, 0.29) is 17.8 Å². The highest BCUT2D eigenvalue weighted by Gasteiger charge is 2.29. The predicted octanol–water partition coefficient (Wildman–Crippen LogP) is 2.52. The zero-order chi connectivity index (χ0) is 18.1. The zero-order valence-corrected chi connectivity index (χ0v) is 14.9. The molecule has 0 radical (unpaired) electrons. The van der Waals surface area contributed by atoms with Crippen molar-refractivity contribution in [3.63, 3.8) is 0 Å². The lowest BCUT2D eigenvalue weighted by Crippen LogP contribution is -2.39. The smallest absolute Gasteiger partial charge is 0.310 e. The molecule has 1 aliphatic carbocycles. The maximum absolute atomic E-state index is 12.7. The van der Waals surface area contributed by atoms with E-state index in [0.29, 0.717) is 18.2 Å². The molecule has 1 amide bonds. The minimum atomic E-state index is -0.179. The van der Waals surface area contributed by atoms with Gasteiger partial charge in [-0.2, -0.15) is 0 Å². The Labute approximate surface area is 152 Å². The van der Waals surface area contributed by atoms with Crippen molar-refractivity contribution in [1.82, 2.24) is 10.3 Å². The molecule has 1 atom stereocenters. The minimum absolute atomic E-state index is 0.0473. The van der Waals surface area contributed by atoms with Gasteiger partial charge in [-0.3, -0.25) is 9.59 Å². The molecule has 6 heteroatoms. The maximum Gasteiger partial charge on any atom is 0.310 e. The lowest BCUT2D eigenvalue weighted by Gasteiger charge is -2.32. The van der Waals surface area contributed by atoms with Crippen LogP contribution in [0.25, 0.3) is 10.9 Å². The average Bonchev–Trinajstić information content (AvgIpc) is 3.50. The molecule has 1 aliphatic heterocycles. The summed E-state index contributed by atoms with van der Waals surface area (Å²) in [6.45, 7) is 1.39. The van der Waals surface area contributed by atoms with Gasteiger partial charge in [0.15, 0.2) is 0 Å². The number of fused-ring (bicyclic) bond motifs is 1. The second-order valence-electron chi connectivity index (χ2n) is 7.10. The van der Waals surface area contributed by atoms with Crippen molar-refractivity contribution in [2.24, 2.45) is 5.92 Å². The summed E-state index contributed by atoms with van der Waals surface area (Å²) in [5, 5.41) is 3.93. The van der Waals surface area contributed by atoms with E-state index in [4.69, 9.17) is 9.72 Å². The number of methoxy groups -OCH3 is 1. The number of nitrogens with zero attached hydrogens (tertiary/aromatic N) is 2. The molecule has 1 aromatic carbocycles. The van der Waals surface area contributed by atoms with Crippen LogP contribution in [0.2, 0.25) is 0 Å². The number of nitrogens with one attached hydrogen (secondary N) is 1. The number of para-hydroxylation sites is 1. The van der Waals surface area contributed by atoms with Gasteiger partial charge in [-0.1, -0.05) is 18.2 Å². The topological polar surface area (TPSA) is 71.5 Å². The largest absolute Gasteiger partial charge is 0.469 e. The van der Waals surface area contributed by atoms with E-state index in [0.717, 1.165) is 48.9 Å². The highest BCUT2D eigenvalue weighted by atomic mass is 16.5. The van der Waals surface area contributed by atoms with Crippen LogP contribution in [0.3, 0.4) is 0 Å². The van der Waals surface area contributed by atoms with Gasteiger partial charge >= 0.3 is 5.97 Å². The first kappa shape index (κ1) is 16.8. The van der Waals surface area contributed by atoms with Gasteiger partial charge in [0.1, 0.15) is 5.82 Å². The molecule has 0 spiro atoms. The van der Waals surface area contributed by atoms with Gasteiger partial charge in [-0.25, -0.2) is 4.98 Å². The number of aromatic nitrogens is 1. The van der Waals surface area contributed by atoms with Gasteiger partial charge in [-0.15, -0.1) is 0 Å². The first-order valence-corrected chi connectivity index (χ1v) is 9.19. The Morgan fingerprint density at radius 1 is 1.23 bits per heavy atom. The fourth-order valence-corrected chi connectivity index (χ4v) is 3.55. The number of esters is 1. The summed E-state index contributed by atoms with van der Waals surface area (Å²) < 4.78 is 4.91. The Kier molecular flexibility index (Phi) is 4.49. The number of hydrogen-bond acceptors (Lipinski definition) is 5. The van der Waals surface area contributed by atoms with E-state index in [2.05, 4.69) is 10.2 Å². The normalized spacial score (nSPS) is 20.0. The Balaban J connectivity index is 1.68. The fraction of sp³-hybridized carbons (Fsp3) is 0.450. The number of benzene rings is 1. The SMILES string of the molecule is COC(=O)[C@H]1CCCN(c2cc(C(=O)NC3CC3)c3ccccc3n2)C1. The van der Waals surface area contributed by atoms with Crippen LogP contribution in [0.5, 0.6) is 0 Å². The van der Waals surface area contributed by atoms with Gasteiger partial charge in [0.25, 0.3) is 5.91 Å². The van der Waals surface area contributed by atoms with Crippen molar-refractivity contribution in [2.45, 2.75) is 31.7 Å². The zero-order valence-electron chi connectivity index (χ0n) is 14.9. The number of ether oxygens (including phenoxy) is 1. The molecule has 136 valence electrons. The van der Waals surface area contributed by atoms with E-state index in [1.54, 1.807) is 0 Å². The number of rotatable bonds is 4. The predicted molar refractivity (Wildman–Crippen MR) is 99.2 cm³/mol. The number of anilines is 1. The molecule has 0 bridgehead atoms. The van der Waals surface area contributed by atoms with Gasteiger partial charge < -0.3 is 15.0 Å². The Morgan fingerprint density at radius 2 is 2.04 bits per heavy atom. The Hall–Kier alpha value is -2.63. The van der Waals surface area contributed by atoms with E-state index in [1.165, 1.54) is 7.11 Å². The first-order chi connectivity index (χ1) is 12.7. The molecular weight excluding hydrogens is 330 g/mol. The second-order valence-corrected chi connectivity index (χ2v) is 7.10. The van der Waals surface area contributed by atoms with Crippen molar-refractivity contribution in [2.75, 3.05) is 25.1 Å². The van der Waals surface area contributed by atoms with Crippen molar-refractivity contribution < 1.29 is 14.3 Å². The van der Waals surface area contributed by atoms with Crippen LogP contribution in [0.4, 0.5) is 5.82 Å². The molecular formula is C20H23N3O3. The van der Waals surface area contributed by atoms with Crippen LogP contribution in [-0.2, 0) is 9.53 Å². The Morgan fingerprint density at radius 3 is 2.81 bits per heavy atom. The van der Waals surface area contributed by atoms with Gasteiger partial charge in [-0.05, 0) is 37.8 Å². The van der Waals surface area contributed by atoms with E-state index < -0.39 is 0 Å². The molecule has 2 aliphatic rings. The van der Waals surface area contributed by atoms with Crippen LogP contribution in [0.15, 0.2) is 30.3 Å². The number of carbonyl (C=O) groups is 2. The summed E-state index contributed by atoms with van der Waals surface area (Å²) in [4.78, 5) is 31.5. The Bertz CT molecular complexity index is 847. The van der Waals surface area contributed by atoms with Crippen LogP contribution in [0, 0.1) is 5.92 Å². The fourth-order valence-electron chi connectivity index (χ4n) is 3.55. The van der Waals surface area contributed by atoms with Crippen molar-refractivity contribution in [3.05, 3.63) is 35.9 Å². The first-order valence-electron chi connectivity index (χ1n) is 9.19. The summed E-state index contributed by atoms with van der Waals surface area (Å²) in [7, 11) is 1.43. The molecule has 1 saturated carbocycles. The molecule has 1 aromatic heterocycles. The molecule has 2 heterocycles. The third-order valence-electron chi connectivity index (χ3n) is 5.14. The average molecular weight is 353 g/mol. The summed E-state index contributed by atoms with van der Waals surface area (Å²) >= 11 is 0. The monoisotopic (exact) mass is 353 g/mol. The molecule has 1 saturated heterocycles. The van der Waals surface area contributed by atoms with Gasteiger partial charge in [0.05, 0.1) is 24.1 Å². The second kappa shape index (κ2) is 6.94. The molecule has 0 unspecified atom stereocenters. The highest BCUT2D eigenvalue weighted by Crippen LogP contribution is 2.28. The molecule has 2 fully saturated rings. The molecule has 6 nitrogen and oxygen atoms in total. The summed E-state index contributed by atoms with van der Waals surface area (Å²) in [6, 6.07) is 9.87. The maximum atomic E-state index is 12.7. The molecule has 26 heavy (non-hydrogen) atoms. The van der Waals surface area contributed by atoms with Crippen LogP contribution in [-0.4, -0.2) is 43.1 Å². The number of pyridine rings is 1. The third-order valence-corrected chi connectivity index (χ3v) is 5.14. The summed E-state index contributed by atoms with van der Waals surface area (Å²) in [6.07, 6.45) is 3.83. The molecule has 2 aromatic rings. The lowest BCUT2D eigenvalue weighted by atomic mass is 9.98. The summed E-state index contributed by atoms with van der Waals surface area (Å²) in [5.74, 6) is 0.375. The van der Waals surface area contributed by atoms with E-state index in [9.17, 15) is 9.59 Å². The van der Waals surface area contributed by atoms with Gasteiger partial charge in [0, 0.05) is 24.5 Å². The number of amides is 1. The quantitative estimate of drug-likeness (QED) is 0.855. The third kappa shape index (κ3) is 3.36. The van der Waals surface area contributed by atoms with Crippen LogP contribution in [0.1, 0.15) is 36.0 Å². The van der Waals surface area contributed by atoms with Crippen LogP contribution < -0.4 is 10.2 Å². The van der Waals surface area contributed by atoms with Crippen molar-refractivity contribution in [1.29, 1.82) is 0 Å². The van der Waals surface area contributed by atoms with E-state index >= 15 is 0 Å². The molecule has 4 rings (SSSR count). The van der Waals surface area contributed by atoms with Crippen molar-refractivity contribution >= 4 is 28.6 Å². The van der Waals surface area contributed by atoms with E-state index in [1.807, 2.05) is 30.3 Å². The molecule has 1 N–H and O–H groups in total. The number of piperidine rings is 1. The van der Waals surface area contributed by atoms with Crippen LogP contribution >= 0.6 is 0 Å². The minimum Gasteiger partial charge on any atom is -0.469 e. The van der Waals surface area contributed by atoms with Crippen molar-refractivity contribution in [3.8, 4) is 0 Å². The summed E-state index contributed by atoms with van der Waals surface area (Å²) in [5.41, 5.74) is 1.45. The number of hydrogen-bond donors (Lipinski definition) is 1. The highest BCUT2D eigenvalue weighted by molar-refractivity contribution is 6.07. The lowest BCUT2D eigenvalue weighted by molar-refractivity contribution is -0.145. The van der Waals surface area contributed by atoms with Gasteiger partial charge in [0.2, 0.25) is 0 Å².